The van der Waals surface area contributed by atoms with E-state index in [-0.39, 0.29) is 5.91 Å². The largest absolute Gasteiger partial charge is 0.326 e. The lowest BCUT2D eigenvalue weighted by Crippen LogP contribution is -2.06. The Kier molecular flexibility index (Phi) is 8.65. The third-order valence-corrected chi connectivity index (χ3v) is 11.7. The molecule has 4 aromatic carbocycles. The molecule has 300 valence electrons. The molecule has 9 heteroatoms. The minimum atomic E-state index is -0.139. The van der Waals surface area contributed by atoms with Crippen molar-refractivity contribution in [1.29, 1.82) is 0 Å². The maximum absolute atomic E-state index is 12.0. The summed E-state index contributed by atoms with van der Waals surface area (Å²) >= 11 is 0. The monoisotopic (exact) mass is 822 g/mol. The summed E-state index contributed by atoms with van der Waals surface area (Å²) in [4.78, 5) is 48.3. The Balaban J connectivity index is 1.15. The quantitative estimate of drug-likeness (QED) is 0.186. The van der Waals surface area contributed by atoms with Gasteiger partial charge in [0.05, 0.1) is 62.2 Å². The van der Waals surface area contributed by atoms with E-state index in [0.29, 0.717) is 5.69 Å². The lowest BCUT2D eigenvalue weighted by molar-refractivity contribution is -0.114. The number of carbonyl (C=O) groups excluding carboxylic acids is 1. The molecule has 0 saturated heterocycles. The number of hydrogen-bond donors (Lipinski definition) is 1. The van der Waals surface area contributed by atoms with Crippen molar-refractivity contribution in [3.05, 3.63) is 228 Å². The van der Waals surface area contributed by atoms with Crippen LogP contribution < -0.4 is 5.32 Å². The number of benzene rings is 4. The van der Waals surface area contributed by atoms with Crippen LogP contribution in [0.25, 0.3) is 55.0 Å². The van der Waals surface area contributed by atoms with Gasteiger partial charge in [0.15, 0.2) is 0 Å². The predicted octanol–water partition coefficient (Wildman–Crippen LogP) is 11.3. The van der Waals surface area contributed by atoms with E-state index in [1.165, 1.54) is 6.92 Å². The first-order valence-corrected chi connectivity index (χ1v) is 21.0. The fourth-order valence-corrected chi connectivity index (χ4v) is 8.82. The molecule has 0 saturated carbocycles. The van der Waals surface area contributed by atoms with E-state index >= 15 is 0 Å². The van der Waals surface area contributed by atoms with Crippen LogP contribution in [0.5, 0.6) is 0 Å². The average Bonchev–Trinajstić information content (AvgIpc) is 4.18. The van der Waals surface area contributed by atoms with Gasteiger partial charge in [-0.05, 0) is 103 Å². The number of para-hydroxylation sites is 3. The molecule has 5 aliphatic rings. The number of aliphatic imine (C=N–C) groups is 4. The van der Waals surface area contributed by atoms with Gasteiger partial charge in [-0.2, -0.15) is 0 Å². The van der Waals surface area contributed by atoms with Crippen LogP contribution in [0.3, 0.4) is 0 Å². The summed E-state index contributed by atoms with van der Waals surface area (Å²) in [6, 6.07) is 38.6. The summed E-state index contributed by atoms with van der Waals surface area (Å²) in [7, 11) is 0. The molecule has 0 fully saturated rings. The SMILES string of the molecule is CC(=O)Nc1ccc(C2=C3C=CC(=N3)C(c3cnc4ccccc4c3)=C3C=CC(=N3)C(c3cnc4ccccc4c3)=C3C=CC(=N3)C(c3cnc4ccccc4c3)=C3C=CC2=N3)cc1. The lowest BCUT2D eigenvalue weighted by Gasteiger charge is -2.13. The van der Waals surface area contributed by atoms with E-state index in [0.717, 1.165) is 123 Å². The van der Waals surface area contributed by atoms with Crippen molar-refractivity contribution in [1.82, 2.24) is 15.0 Å². The Bertz CT molecular complexity index is 3560. The highest BCUT2D eigenvalue weighted by atomic mass is 16.1. The molecule has 9 nitrogen and oxygen atoms in total. The third-order valence-electron chi connectivity index (χ3n) is 11.7. The number of pyridine rings is 3. The molecular formula is C55H34N8O. The van der Waals surface area contributed by atoms with Crippen molar-refractivity contribution in [2.24, 2.45) is 20.0 Å². The van der Waals surface area contributed by atoms with Crippen LogP contribution in [0.2, 0.25) is 0 Å². The van der Waals surface area contributed by atoms with Crippen LogP contribution in [0.4, 0.5) is 5.69 Å². The molecule has 8 bridgehead atoms. The van der Waals surface area contributed by atoms with Gasteiger partial charge in [-0.25, -0.2) is 20.0 Å². The number of aromatic nitrogens is 3. The molecule has 1 N–H and O–H groups in total. The Labute approximate surface area is 367 Å². The van der Waals surface area contributed by atoms with Gasteiger partial charge in [-0.1, -0.05) is 66.7 Å². The molecule has 3 aromatic heterocycles. The fraction of sp³-hybridized carbons (Fsp3) is 0.0182. The number of amides is 1. The van der Waals surface area contributed by atoms with Crippen molar-refractivity contribution >= 4 is 89.4 Å². The second kappa shape index (κ2) is 15.0. The molecule has 5 aliphatic heterocycles. The van der Waals surface area contributed by atoms with Gasteiger partial charge < -0.3 is 5.32 Å². The van der Waals surface area contributed by atoms with E-state index in [2.05, 4.69) is 66.0 Å². The van der Waals surface area contributed by atoms with Crippen LogP contribution in [0.15, 0.2) is 225 Å². The summed E-state index contributed by atoms with van der Waals surface area (Å²) < 4.78 is 0. The van der Waals surface area contributed by atoms with Gasteiger partial charge in [0.25, 0.3) is 0 Å². The second-order valence-corrected chi connectivity index (χ2v) is 15.9. The smallest absolute Gasteiger partial charge is 0.221 e. The predicted molar refractivity (Wildman–Crippen MR) is 260 cm³/mol. The molecule has 0 spiro atoms. The number of carbonyl (C=O) groups is 1. The van der Waals surface area contributed by atoms with Gasteiger partial charge in [-0.15, -0.1) is 0 Å². The van der Waals surface area contributed by atoms with Gasteiger partial charge >= 0.3 is 0 Å². The topological polar surface area (TPSA) is 117 Å². The molecule has 0 atom stereocenters. The number of nitrogens with one attached hydrogen (secondary N) is 1. The molecule has 8 heterocycles. The Morgan fingerprint density at radius 3 is 1.06 bits per heavy atom. The van der Waals surface area contributed by atoms with Crippen LogP contribution in [0.1, 0.15) is 29.2 Å². The number of rotatable bonds is 5. The van der Waals surface area contributed by atoms with E-state index in [4.69, 9.17) is 34.9 Å². The summed E-state index contributed by atoms with van der Waals surface area (Å²) in [6.07, 6.45) is 22.1. The molecule has 0 unspecified atom stereocenters. The molecule has 0 aliphatic carbocycles. The molecule has 64 heavy (non-hydrogen) atoms. The van der Waals surface area contributed by atoms with E-state index < -0.39 is 0 Å². The van der Waals surface area contributed by atoms with E-state index in [1.807, 2.05) is 122 Å². The lowest BCUT2D eigenvalue weighted by atomic mass is 9.98. The summed E-state index contributed by atoms with van der Waals surface area (Å²) in [5.41, 5.74) is 16.2. The minimum absolute atomic E-state index is 0.139. The number of fused-ring (bicyclic) bond motifs is 7. The van der Waals surface area contributed by atoms with Crippen molar-refractivity contribution in [3.8, 4) is 0 Å². The van der Waals surface area contributed by atoms with Crippen LogP contribution in [0, 0.1) is 0 Å². The molecule has 7 aromatic rings. The van der Waals surface area contributed by atoms with E-state index in [9.17, 15) is 4.79 Å². The highest BCUT2D eigenvalue weighted by Gasteiger charge is 2.28. The maximum atomic E-state index is 12.0. The number of hydrogen-bond acceptors (Lipinski definition) is 8. The fourth-order valence-electron chi connectivity index (χ4n) is 8.82. The normalized spacial score (nSPS) is 16.5. The molecule has 0 radical (unpaired) electrons. The minimum Gasteiger partial charge on any atom is -0.326 e. The zero-order chi connectivity index (χ0) is 42.7. The van der Waals surface area contributed by atoms with Gasteiger partial charge in [0.1, 0.15) is 0 Å². The zero-order valence-corrected chi connectivity index (χ0v) is 34.4. The average molecular weight is 823 g/mol. The van der Waals surface area contributed by atoms with Crippen LogP contribution in [-0.2, 0) is 4.79 Å². The van der Waals surface area contributed by atoms with E-state index in [1.54, 1.807) is 0 Å². The maximum Gasteiger partial charge on any atom is 0.221 e. The van der Waals surface area contributed by atoms with Crippen molar-refractivity contribution in [2.45, 2.75) is 6.92 Å². The Morgan fingerprint density at radius 2 is 0.719 bits per heavy atom. The summed E-state index contributed by atoms with van der Waals surface area (Å²) in [5.74, 6) is -0.139. The summed E-state index contributed by atoms with van der Waals surface area (Å²) in [5, 5.41) is 5.93. The first-order valence-electron chi connectivity index (χ1n) is 21.0. The van der Waals surface area contributed by atoms with Gasteiger partial charge in [0, 0.05) is 86.3 Å². The zero-order valence-electron chi connectivity index (χ0n) is 34.4. The highest BCUT2D eigenvalue weighted by Crippen LogP contribution is 2.39. The summed E-state index contributed by atoms with van der Waals surface area (Å²) in [6.45, 7) is 1.50. The second-order valence-electron chi connectivity index (χ2n) is 15.9. The number of allylic oxidation sites excluding steroid dienone is 12. The van der Waals surface area contributed by atoms with Crippen LogP contribution in [-0.4, -0.2) is 43.7 Å². The van der Waals surface area contributed by atoms with Crippen LogP contribution >= 0.6 is 0 Å². The standard InChI is InChI=1S/C55H34N8O/c1-32(64)59-40-16-14-33(15-17-40)52-44-18-20-46(60-44)53(37-26-34-8-2-5-11-41(34)56-29-37)48-22-24-50(62-48)55(39-28-36-10-4-7-13-43(36)58-31-39)51-25-23-49(63-51)54(47-21-19-45(52)61-47)38-27-35-9-3-6-12-42(35)57-30-38/h2-31H,1H3,(H,59,64). The highest BCUT2D eigenvalue weighted by molar-refractivity contribution is 6.40. The van der Waals surface area contributed by atoms with Crippen molar-refractivity contribution < 1.29 is 4.79 Å². The first-order chi connectivity index (χ1) is 31.5. The molecule has 1 amide bonds. The van der Waals surface area contributed by atoms with Gasteiger partial charge in [0.2, 0.25) is 5.91 Å². The Hall–Kier alpha value is -8.82. The first kappa shape index (κ1) is 37.0. The molecule has 12 rings (SSSR count). The number of anilines is 1. The van der Waals surface area contributed by atoms with Gasteiger partial charge in [-0.3, -0.25) is 19.7 Å². The number of nitrogens with zero attached hydrogens (tertiary/aromatic N) is 7. The van der Waals surface area contributed by atoms with Crippen molar-refractivity contribution in [3.63, 3.8) is 0 Å². The third kappa shape index (κ3) is 6.51. The molecular weight excluding hydrogens is 789 g/mol. The van der Waals surface area contributed by atoms with Crippen molar-refractivity contribution in [2.75, 3.05) is 5.32 Å². The Morgan fingerprint density at radius 1 is 0.391 bits per heavy atom.